The molecule has 6 heteroatoms. The second-order valence-electron chi connectivity index (χ2n) is 4.43. The van der Waals surface area contributed by atoms with E-state index in [4.69, 9.17) is 4.52 Å². The summed E-state index contributed by atoms with van der Waals surface area (Å²) >= 11 is 0. The summed E-state index contributed by atoms with van der Waals surface area (Å²) in [5.74, 6) is -0.814. The molecule has 0 aliphatic rings. The van der Waals surface area contributed by atoms with Crippen molar-refractivity contribution in [3.8, 4) is 0 Å². The fraction of sp³-hybridized carbons (Fsp3) is 0.286. The number of hydrogen-bond acceptors (Lipinski definition) is 3. The Morgan fingerprint density at radius 1 is 1.40 bits per heavy atom. The van der Waals surface area contributed by atoms with E-state index in [0.29, 0.717) is 17.7 Å². The van der Waals surface area contributed by atoms with Crippen LogP contribution in [0.3, 0.4) is 0 Å². The minimum Gasteiger partial charge on any atom is -0.351 e. The maximum Gasteiger partial charge on any atom is 0.370 e. The third kappa shape index (κ3) is 2.79. The molecule has 1 amide bonds. The van der Waals surface area contributed by atoms with E-state index in [0.717, 1.165) is 0 Å². The molecule has 1 aromatic carbocycles. The largest absolute Gasteiger partial charge is 0.370 e. The molecule has 1 N–H and O–H groups in total. The zero-order chi connectivity index (χ0) is 14.7. The molecule has 0 unspecified atom stereocenters. The first-order chi connectivity index (χ1) is 9.50. The first kappa shape index (κ1) is 14.0. The van der Waals surface area contributed by atoms with Gasteiger partial charge >= 0.3 is 5.63 Å². The van der Waals surface area contributed by atoms with Crippen molar-refractivity contribution in [3.63, 3.8) is 0 Å². The van der Waals surface area contributed by atoms with Gasteiger partial charge in [-0.25, -0.2) is 13.9 Å². The van der Waals surface area contributed by atoms with E-state index in [1.54, 1.807) is 32.2 Å². The van der Waals surface area contributed by atoms with E-state index in [9.17, 15) is 14.0 Å². The third-order valence-corrected chi connectivity index (χ3v) is 3.12. The van der Waals surface area contributed by atoms with Crippen LogP contribution in [0.4, 0.5) is 4.39 Å². The highest BCUT2D eigenvalue weighted by atomic mass is 19.1. The molecule has 106 valence electrons. The molecule has 0 aliphatic heterocycles. The van der Waals surface area contributed by atoms with Crippen molar-refractivity contribution in [2.75, 3.05) is 6.54 Å². The molecule has 2 aromatic rings. The van der Waals surface area contributed by atoms with Gasteiger partial charge in [0.1, 0.15) is 11.4 Å². The van der Waals surface area contributed by atoms with E-state index in [2.05, 4.69) is 5.32 Å². The van der Waals surface area contributed by atoms with Crippen molar-refractivity contribution in [3.05, 3.63) is 57.3 Å². The summed E-state index contributed by atoms with van der Waals surface area (Å²) in [6.07, 6.45) is 0.357. The topological polar surface area (TPSA) is 64.2 Å². The zero-order valence-corrected chi connectivity index (χ0v) is 11.3. The van der Waals surface area contributed by atoms with Gasteiger partial charge < -0.3 is 9.84 Å². The van der Waals surface area contributed by atoms with Gasteiger partial charge in [-0.15, -0.1) is 0 Å². The molecule has 20 heavy (non-hydrogen) atoms. The maximum atomic E-state index is 13.4. The molecule has 0 radical (unpaired) electrons. The minimum absolute atomic E-state index is 0.0129. The Balaban J connectivity index is 2.00. The Labute approximate surface area is 115 Å². The molecule has 0 saturated heterocycles. The molecule has 2 rings (SSSR count). The van der Waals surface area contributed by atoms with Crippen molar-refractivity contribution in [2.24, 2.45) is 7.05 Å². The van der Waals surface area contributed by atoms with Gasteiger partial charge in [0.2, 0.25) is 0 Å². The molecule has 0 spiro atoms. The first-order valence-electron chi connectivity index (χ1n) is 6.19. The van der Waals surface area contributed by atoms with E-state index >= 15 is 0 Å². The lowest BCUT2D eigenvalue weighted by Gasteiger charge is -2.05. The molecule has 1 aromatic heterocycles. The lowest BCUT2D eigenvalue weighted by atomic mass is 10.1. The summed E-state index contributed by atoms with van der Waals surface area (Å²) in [6, 6.07) is 6.36. The Morgan fingerprint density at radius 3 is 2.70 bits per heavy atom. The van der Waals surface area contributed by atoms with E-state index in [-0.39, 0.29) is 17.9 Å². The number of amides is 1. The number of carbonyl (C=O) groups excluding carboxylic acids is 1. The summed E-state index contributed by atoms with van der Waals surface area (Å²) in [7, 11) is 1.55. The SMILES string of the molecule is Cc1c(C(=O)NCCc2ccccc2F)c(=O)on1C. The van der Waals surface area contributed by atoms with Crippen LogP contribution in [-0.2, 0) is 13.5 Å². The molecular formula is C14H15FN2O3. The van der Waals surface area contributed by atoms with Gasteiger partial charge in [0, 0.05) is 13.6 Å². The number of halogens is 1. The predicted octanol–water partition coefficient (Wildman–Crippen LogP) is 1.40. The van der Waals surface area contributed by atoms with Gasteiger partial charge in [-0.3, -0.25) is 4.79 Å². The molecule has 0 bridgehead atoms. The van der Waals surface area contributed by atoms with E-state index < -0.39 is 11.5 Å². The lowest BCUT2D eigenvalue weighted by molar-refractivity contribution is 0.0951. The maximum absolute atomic E-state index is 13.4. The summed E-state index contributed by atoms with van der Waals surface area (Å²) < 4.78 is 19.4. The number of carbonyl (C=O) groups is 1. The van der Waals surface area contributed by atoms with E-state index in [1.165, 1.54) is 10.8 Å². The van der Waals surface area contributed by atoms with Crippen molar-refractivity contribution in [1.29, 1.82) is 0 Å². The number of aryl methyl sites for hydroxylation is 1. The number of hydrogen-bond donors (Lipinski definition) is 1. The number of benzene rings is 1. The van der Waals surface area contributed by atoms with Crippen LogP contribution in [0.2, 0.25) is 0 Å². The highest BCUT2D eigenvalue weighted by Gasteiger charge is 2.19. The van der Waals surface area contributed by atoms with Gasteiger partial charge in [-0.1, -0.05) is 18.2 Å². The normalized spacial score (nSPS) is 10.6. The monoisotopic (exact) mass is 278 g/mol. The highest BCUT2D eigenvalue weighted by Crippen LogP contribution is 2.07. The van der Waals surface area contributed by atoms with Crippen LogP contribution < -0.4 is 10.9 Å². The average Bonchev–Trinajstić information content (AvgIpc) is 2.65. The zero-order valence-electron chi connectivity index (χ0n) is 11.3. The van der Waals surface area contributed by atoms with Gasteiger partial charge in [-0.05, 0) is 25.0 Å². The van der Waals surface area contributed by atoms with Crippen molar-refractivity contribution < 1.29 is 13.7 Å². The molecule has 0 saturated carbocycles. The van der Waals surface area contributed by atoms with Crippen molar-refractivity contribution >= 4 is 5.91 Å². The lowest BCUT2D eigenvalue weighted by Crippen LogP contribution is -2.29. The number of aromatic nitrogens is 1. The Morgan fingerprint density at radius 2 is 2.10 bits per heavy atom. The van der Waals surface area contributed by atoms with Gasteiger partial charge in [0.25, 0.3) is 5.91 Å². The minimum atomic E-state index is -0.673. The summed E-state index contributed by atoms with van der Waals surface area (Å²) in [5, 5.41) is 2.59. The number of nitrogens with one attached hydrogen (secondary N) is 1. The summed E-state index contributed by atoms with van der Waals surface area (Å²) in [4.78, 5) is 23.4. The second-order valence-corrected chi connectivity index (χ2v) is 4.43. The molecule has 0 atom stereocenters. The average molecular weight is 278 g/mol. The highest BCUT2D eigenvalue weighted by molar-refractivity contribution is 5.94. The third-order valence-electron chi connectivity index (χ3n) is 3.12. The molecule has 1 heterocycles. The first-order valence-corrected chi connectivity index (χ1v) is 6.19. The number of nitrogens with zero attached hydrogens (tertiary/aromatic N) is 1. The fourth-order valence-corrected chi connectivity index (χ4v) is 1.90. The van der Waals surface area contributed by atoms with Crippen LogP contribution in [0.5, 0.6) is 0 Å². The summed E-state index contributed by atoms with van der Waals surface area (Å²) in [6.45, 7) is 1.87. The van der Waals surface area contributed by atoms with Gasteiger partial charge in [0.05, 0.1) is 5.69 Å². The van der Waals surface area contributed by atoms with Crippen molar-refractivity contribution in [1.82, 2.24) is 10.1 Å². The van der Waals surface area contributed by atoms with Gasteiger partial charge in [-0.2, -0.15) is 0 Å². The van der Waals surface area contributed by atoms with Crippen LogP contribution in [0.15, 0.2) is 33.6 Å². The van der Waals surface area contributed by atoms with Crippen LogP contribution in [0.1, 0.15) is 21.6 Å². The standard InChI is InChI=1S/C14H15FN2O3/c1-9-12(14(19)20-17(9)2)13(18)16-8-7-10-5-3-4-6-11(10)15/h3-6H,7-8H2,1-2H3,(H,16,18). The molecule has 0 aliphatic carbocycles. The van der Waals surface area contributed by atoms with Crippen LogP contribution in [0.25, 0.3) is 0 Å². The molecular weight excluding hydrogens is 263 g/mol. The molecule has 0 fully saturated rings. The summed E-state index contributed by atoms with van der Waals surface area (Å²) in [5.41, 5.74) is 0.289. The predicted molar refractivity (Wildman–Crippen MR) is 71.1 cm³/mol. The second kappa shape index (κ2) is 5.73. The van der Waals surface area contributed by atoms with E-state index in [1.807, 2.05) is 0 Å². The Hall–Kier alpha value is -2.37. The molecule has 5 nitrogen and oxygen atoms in total. The van der Waals surface area contributed by atoms with Gasteiger partial charge in [0.15, 0.2) is 0 Å². The smallest absolute Gasteiger partial charge is 0.351 e. The van der Waals surface area contributed by atoms with Crippen molar-refractivity contribution in [2.45, 2.75) is 13.3 Å². The van der Waals surface area contributed by atoms with Crippen LogP contribution in [0, 0.1) is 12.7 Å². The number of rotatable bonds is 4. The fourth-order valence-electron chi connectivity index (χ4n) is 1.90. The Kier molecular flexibility index (Phi) is 4.02. The van der Waals surface area contributed by atoms with Crippen LogP contribution in [-0.4, -0.2) is 17.2 Å². The quantitative estimate of drug-likeness (QED) is 0.919. The van der Waals surface area contributed by atoms with Crippen LogP contribution >= 0.6 is 0 Å². The Bertz CT molecular complexity index is 688.